The van der Waals surface area contributed by atoms with Crippen molar-refractivity contribution in [1.29, 1.82) is 0 Å². The van der Waals surface area contributed by atoms with E-state index < -0.39 is 12.1 Å². The molecule has 0 heterocycles. The van der Waals surface area contributed by atoms with Crippen LogP contribution in [0, 0.1) is 5.82 Å². The fourth-order valence-corrected chi connectivity index (χ4v) is 2.83. The monoisotopic (exact) mass is 405 g/mol. The van der Waals surface area contributed by atoms with Crippen LogP contribution in [-0.2, 0) is 11.3 Å². The highest BCUT2D eigenvalue weighted by Crippen LogP contribution is 2.16. The Kier molecular flexibility index (Phi) is 8.26. The van der Waals surface area contributed by atoms with Gasteiger partial charge in [-0.3, -0.25) is 4.79 Å². The number of urea groups is 1. The predicted octanol–water partition coefficient (Wildman–Crippen LogP) is 4.32. The number of hydrogen-bond donors (Lipinski definition) is 3. The molecule has 0 aliphatic heterocycles. The minimum absolute atomic E-state index is 0.215. The number of rotatable bonds is 8. The van der Waals surface area contributed by atoms with Gasteiger partial charge in [0, 0.05) is 11.6 Å². The number of carbonyl (C=O) groups is 2. The van der Waals surface area contributed by atoms with Crippen LogP contribution in [0.1, 0.15) is 43.9 Å². The van der Waals surface area contributed by atoms with E-state index in [0.29, 0.717) is 11.4 Å². The molecule has 2 aromatic rings. The van der Waals surface area contributed by atoms with Crippen molar-refractivity contribution in [2.45, 2.75) is 45.3 Å². The summed E-state index contributed by atoms with van der Waals surface area (Å²) in [5, 5.41) is 8.94. The van der Waals surface area contributed by atoms with Crippen LogP contribution in [-0.4, -0.2) is 18.0 Å². The first kappa shape index (κ1) is 21.7. The first-order chi connectivity index (χ1) is 13.4. The maximum absolute atomic E-state index is 12.9. The molecule has 0 spiro atoms. The van der Waals surface area contributed by atoms with Crippen LogP contribution in [0.4, 0.5) is 9.18 Å². The third-order valence-corrected chi connectivity index (χ3v) is 4.55. The van der Waals surface area contributed by atoms with Gasteiger partial charge in [0.25, 0.3) is 0 Å². The molecule has 0 fully saturated rings. The molecule has 0 aliphatic rings. The first-order valence-corrected chi connectivity index (χ1v) is 9.61. The third-order valence-electron chi connectivity index (χ3n) is 4.29. The molecule has 2 rings (SSSR count). The Labute approximate surface area is 169 Å². The average Bonchev–Trinajstić information content (AvgIpc) is 2.67. The Hall–Kier alpha value is -2.60. The van der Waals surface area contributed by atoms with Crippen LogP contribution < -0.4 is 16.0 Å². The zero-order valence-electron chi connectivity index (χ0n) is 16.0. The Morgan fingerprint density at radius 2 is 1.68 bits per heavy atom. The minimum Gasteiger partial charge on any atom is -0.348 e. The maximum atomic E-state index is 12.9. The van der Waals surface area contributed by atoms with E-state index in [9.17, 15) is 14.0 Å². The second-order valence-corrected chi connectivity index (χ2v) is 7.01. The number of hydrogen-bond acceptors (Lipinski definition) is 2. The molecule has 0 unspecified atom stereocenters. The topological polar surface area (TPSA) is 70.2 Å². The van der Waals surface area contributed by atoms with Gasteiger partial charge in [-0.05, 0) is 48.7 Å². The number of carbonyl (C=O) groups excluding carboxylic acids is 2. The van der Waals surface area contributed by atoms with Gasteiger partial charge in [-0.2, -0.15) is 0 Å². The Morgan fingerprint density at radius 3 is 2.29 bits per heavy atom. The molecule has 0 saturated heterocycles. The van der Waals surface area contributed by atoms with Crippen molar-refractivity contribution in [3.63, 3.8) is 0 Å². The second-order valence-electron chi connectivity index (χ2n) is 6.58. The van der Waals surface area contributed by atoms with E-state index in [2.05, 4.69) is 16.0 Å². The van der Waals surface area contributed by atoms with Gasteiger partial charge in [-0.25, -0.2) is 9.18 Å². The van der Waals surface area contributed by atoms with Gasteiger partial charge in [0.2, 0.25) is 5.91 Å². The predicted molar refractivity (Wildman–Crippen MR) is 108 cm³/mol. The summed E-state index contributed by atoms with van der Waals surface area (Å²) in [6.07, 6.45) is 1.26. The van der Waals surface area contributed by atoms with E-state index in [0.717, 1.165) is 17.5 Å². The van der Waals surface area contributed by atoms with E-state index in [1.165, 1.54) is 12.1 Å². The van der Waals surface area contributed by atoms with Gasteiger partial charge in [-0.15, -0.1) is 0 Å². The average molecular weight is 406 g/mol. The highest BCUT2D eigenvalue weighted by atomic mass is 35.5. The van der Waals surface area contributed by atoms with Gasteiger partial charge in [0.1, 0.15) is 11.9 Å². The molecule has 0 radical (unpaired) electrons. The standard InChI is InChI=1S/C21H25ClFN3O2/c1-3-4-19(20(27)25-14(2)16-7-9-17(22)10-8-16)26-21(28)24-13-15-5-11-18(23)12-6-15/h5-12,14,19H,3-4,13H2,1-2H3,(H,25,27)(H2,24,26,28)/t14-,19+/m1/s1. The molecule has 2 atom stereocenters. The molecule has 0 aromatic heterocycles. The number of nitrogens with one attached hydrogen (secondary N) is 3. The van der Waals surface area contributed by atoms with E-state index in [-0.39, 0.29) is 24.3 Å². The van der Waals surface area contributed by atoms with Crippen molar-refractivity contribution >= 4 is 23.5 Å². The van der Waals surface area contributed by atoms with Crippen molar-refractivity contribution in [3.05, 3.63) is 70.5 Å². The van der Waals surface area contributed by atoms with Crippen LogP contribution in [0.2, 0.25) is 5.02 Å². The summed E-state index contributed by atoms with van der Waals surface area (Å²) in [6.45, 7) is 4.06. The smallest absolute Gasteiger partial charge is 0.315 e. The highest BCUT2D eigenvalue weighted by molar-refractivity contribution is 6.30. The van der Waals surface area contributed by atoms with Crippen molar-refractivity contribution < 1.29 is 14.0 Å². The van der Waals surface area contributed by atoms with Crippen molar-refractivity contribution in [1.82, 2.24) is 16.0 Å². The molecule has 0 bridgehead atoms. The zero-order chi connectivity index (χ0) is 20.5. The molecular weight excluding hydrogens is 381 g/mol. The summed E-state index contributed by atoms with van der Waals surface area (Å²) in [5.41, 5.74) is 1.69. The summed E-state index contributed by atoms with van der Waals surface area (Å²) < 4.78 is 12.9. The van der Waals surface area contributed by atoms with Crippen LogP contribution in [0.3, 0.4) is 0 Å². The Morgan fingerprint density at radius 1 is 1.04 bits per heavy atom. The first-order valence-electron chi connectivity index (χ1n) is 9.23. The molecule has 0 aliphatic carbocycles. The highest BCUT2D eigenvalue weighted by Gasteiger charge is 2.21. The fourth-order valence-electron chi connectivity index (χ4n) is 2.70. The van der Waals surface area contributed by atoms with Gasteiger partial charge >= 0.3 is 6.03 Å². The summed E-state index contributed by atoms with van der Waals surface area (Å²) in [4.78, 5) is 24.8. The van der Waals surface area contributed by atoms with Gasteiger partial charge in [-0.1, -0.05) is 49.2 Å². The molecule has 7 heteroatoms. The molecular formula is C21H25ClFN3O2. The normalized spacial score (nSPS) is 12.7. The lowest BCUT2D eigenvalue weighted by atomic mass is 10.1. The van der Waals surface area contributed by atoms with Crippen molar-refractivity contribution in [3.8, 4) is 0 Å². The number of halogens is 2. The van der Waals surface area contributed by atoms with Crippen LogP contribution in [0.5, 0.6) is 0 Å². The molecule has 0 saturated carbocycles. The van der Waals surface area contributed by atoms with E-state index in [1.807, 2.05) is 26.0 Å². The molecule has 28 heavy (non-hydrogen) atoms. The molecule has 3 amide bonds. The summed E-state index contributed by atoms with van der Waals surface area (Å²) in [6, 6.07) is 11.8. The van der Waals surface area contributed by atoms with E-state index in [1.54, 1.807) is 24.3 Å². The largest absolute Gasteiger partial charge is 0.348 e. The van der Waals surface area contributed by atoms with Crippen molar-refractivity contribution in [2.24, 2.45) is 0 Å². The fraction of sp³-hybridized carbons (Fsp3) is 0.333. The lowest BCUT2D eigenvalue weighted by Gasteiger charge is -2.21. The molecule has 150 valence electrons. The Bertz CT molecular complexity index is 781. The molecule has 2 aromatic carbocycles. The number of benzene rings is 2. The quantitative estimate of drug-likeness (QED) is 0.612. The third kappa shape index (κ3) is 6.85. The zero-order valence-corrected chi connectivity index (χ0v) is 16.7. The Balaban J connectivity index is 1.89. The lowest BCUT2D eigenvalue weighted by Crippen LogP contribution is -2.50. The number of amides is 3. The minimum atomic E-state index is -0.645. The second kappa shape index (κ2) is 10.7. The van der Waals surface area contributed by atoms with Crippen LogP contribution in [0.25, 0.3) is 0 Å². The van der Waals surface area contributed by atoms with Crippen molar-refractivity contribution in [2.75, 3.05) is 0 Å². The SMILES string of the molecule is CCC[C@H](NC(=O)NCc1ccc(F)cc1)C(=O)N[C@H](C)c1ccc(Cl)cc1. The van der Waals surface area contributed by atoms with Crippen LogP contribution in [0.15, 0.2) is 48.5 Å². The molecule has 5 nitrogen and oxygen atoms in total. The maximum Gasteiger partial charge on any atom is 0.315 e. The van der Waals surface area contributed by atoms with Gasteiger partial charge in [0.15, 0.2) is 0 Å². The summed E-state index contributed by atoms with van der Waals surface area (Å²) in [5.74, 6) is -0.580. The lowest BCUT2D eigenvalue weighted by molar-refractivity contribution is -0.123. The summed E-state index contributed by atoms with van der Waals surface area (Å²) >= 11 is 5.89. The summed E-state index contributed by atoms with van der Waals surface area (Å²) in [7, 11) is 0. The van der Waals surface area contributed by atoms with Gasteiger partial charge < -0.3 is 16.0 Å². The van der Waals surface area contributed by atoms with E-state index >= 15 is 0 Å². The van der Waals surface area contributed by atoms with E-state index in [4.69, 9.17) is 11.6 Å². The molecule has 3 N–H and O–H groups in total. The van der Waals surface area contributed by atoms with Crippen LogP contribution >= 0.6 is 11.6 Å². The van der Waals surface area contributed by atoms with Gasteiger partial charge in [0.05, 0.1) is 6.04 Å².